The average Bonchev–Trinajstić information content (AvgIpc) is 3.13. The van der Waals surface area contributed by atoms with Crippen molar-refractivity contribution in [1.29, 1.82) is 0 Å². The lowest BCUT2D eigenvalue weighted by Gasteiger charge is -2.20. The Balaban J connectivity index is 2.14. The summed E-state index contributed by atoms with van der Waals surface area (Å²) in [6.45, 7) is 7.60. The maximum Gasteiger partial charge on any atom is 0.192 e. The summed E-state index contributed by atoms with van der Waals surface area (Å²) >= 11 is 1.71. The molecule has 0 saturated heterocycles. The number of nitrogens with one attached hydrogen (secondary N) is 2. The van der Waals surface area contributed by atoms with E-state index in [1.165, 1.54) is 4.88 Å². The first-order valence-electron chi connectivity index (χ1n) is 8.81. The molecular weight excluding hydrogens is 348 g/mol. The fourth-order valence-electron chi connectivity index (χ4n) is 2.51. The molecule has 1 heterocycles. The topological polar surface area (TPSA) is 67.8 Å². The first-order valence-corrected chi connectivity index (χ1v) is 9.63. The number of aryl methyl sites for hydroxylation is 1. The fraction of sp³-hybridized carbons (Fsp3) is 0.474. The van der Waals surface area contributed by atoms with Gasteiger partial charge in [0, 0.05) is 23.2 Å². The molecule has 2 rings (SSSR count). The fourth-order valence-corrected chi connectivity index (χ4v) is 3.30. The highest BCUT2D eigenvalue weighted by Crippen LogP contribution is 2.29. The van der Waals surface area contributed by atoms with Gasteiger partial charge in [-0.25, -0.2) is 9.98 Å². The Kier molecular flexibility index (Phi) is 7.72. The van der Waals surface area contributed by atoms with Crippen LogP contribution in [-0.2, 0) is 13.0 Å². The molecule has 2 N–H and O–H groups in total. The second-order valence-electron chi connectivity index (χ2n) is 5.74. The van der Waals surface area contributed by atoms with E-state index in [9.17, 15) is 0 Å². The number of benzene rings is 1. The van der Waals surface area contributed by atoms with Crippen LogP contribution in [0.4, 0.5) is 0 Å². The highest BCUT2D eigenvalue weighted by atomic mass is 32.1. The molecule has 0 radical (unpaired) electrons. The molecule has 2 aromatic rings. The second kappa shape index (κ2) is 10.0. The number of guanidine groups is 1. The zero-order valence-corrected chi connectivity index (χ0v) is 16.9. The predicted octanol–water partition coefficient (Wildman–Crippen LogP) is 3.54. The maximum atomic E-state index is 5.49. The van der Waals surface area contributed by atoms with Crippen molar-refractivity contribution < 1.29 is 9.47 Å². The molecule has 1 aromatic carbocycles. The summed E-state index contributed by atoms with van der Waals surface area (Å²) < 4.78 is 10.8. The van der Waals surface area contributed by atoms with E-state index in [1.807, 2.05) is 31.3 Å². The van der Waals surface area contributed by atoms with Crippen molar-refractivity contribution in [3.05, 3.63) is 39.8 Å². The van der Waals surface area contributed by atoms with Crippen LogP contribution in [0.1, 0.15) is 42.3 Å². The van der Waals surface area contributed by atoms with Gasteiger partial charge in [-0.15, -0.1) is 11.3 Å². The molecule has 0 aliphatic rings. The summed E-state index contributed by atoms with van der Waals surface area (Å²) in [6.07, 6.45) is 2.94. The molecule has 0 aliphatic carbocycles. The standard InChI is InChI=1S/C19H28N4O2S/c1-6-15-11-21-18(26-15)12-22-19(20-7-2)23-13(3)16-10-14(24-4)8-9-17(16)25-5/h8-11,13H,6-7,12H2,1-5H3,(H2,20,22,23). The van der Waals surface area contributed by atoms with Crippen molar-refractivity contribution in [3.63, 3.8) is 0 Å². The molecule has 1 aromatic heterocycles. The van der Waals surface area contributed by atoms with Crippen LogP contribution in [0.3, 0.4) is 0 Å². The zero-order valence-electron chi connectivity index (χ0n) is 16.1. The van der Waals surface area contributed by atoms with Gasteiger partial charge >= 0.3 is 0 Å². The van der Waals surface area contributed by atoms with Gasteiger partial charge in [0.05, 0.1) is 26.8 Å². The molecule has 1 atom stereocenters. The minimum Gasteiger partial charge on any atom is -0.497 e. The SMILES string of the molecule is CCNC(=NCc1ncc(CC)s1)NC(C)c1cc(OC)ccc1OC. The van der Waals surface area contributed by atoms with Gasteiger partial charge in [-0.3, -0.25) is 0 Å². The Hall–Kier alpha value is -2.28. The van der Waals surface area contributed by atoms with Crippen LogP contribution in [0.2, 0.25) is 0 Å². The number of methoxy groups -OCH3 is 2. The van der Waals surface area contributed by atoms with Gasteiger partial charge in [-0.1, -0.05) is 6.92 Å². The smallest absolute Gasteiger partial charge is 0.192 e. The minimum atomic E-state index is 0.000322. The van der Waals surface area contributed by atoms with Crippen LogP contribution in [0.15, 0.2) is 29.4 Å². The summed E-state index contributed by atoms with van der Waals surface area (Å²) in [7, 11) is 3.33. The van der Waals surface area contributed by atoms with E-state index in [0.29, 0.717) is 6.54 Å². The molecule has 7 heteroatoms. The highest BCUT2D eigenvalue weighted by Gasteiger charge is 2.14. The van der Waals surface area contributed by atoms with Crippen molar-refractivity contribution >= 4 is 17.3 Å². The Labute approximate surface area is 159 Å². The minimum absolute atomic E-state index is 0.000322. The molecule has 6 nitrogen and oxygen atoms in total. The monoisotopic (exact) mass is 376 g/mol. The van der Waals surface area contributed by atoms with Gasteiger partial charge in [0.15, 0.2) is 5.96 Å². The number of ether oxygens (including phenoxy) is 2. The highest BCUT2D eigenvalue weighted by molar-refractivity contribution is 7.11. The molecule has 142 valence electrons. The molecule has 26 heavy (non-hydrogen) atoms. The van der Waals surface area contributed by atoms with Crippen LogP contribution in [0.5, 0.6) is 11.5 Å². The van der Waals surface area contributed by atoms with Gasteiger partial charge in [-0.2, -0.15) is 0 Å². The molecular formula is C19H28N4O2S. The third kappa shape index (κ3) is 5.36. The molecule has 0 aliphatic heterocycles. The number of nitrogens with zero attached hydrogens (tertiary/aromatic N) is 2. The molecule has 1 unspecified atom stereocenters. The number of aromatic nitrogens is 1. The second-order valence-corrected chi connectivity index (χ2v) is 6.94. The Morgan fingerprint density at radius 3 is 2.69 bits per heavy atom. The van der Waals surface area contributed by atoms with Gasteiger partial charge in [-0.05, 0) is 38.5 Å². The number of hydrogen-bond donors (Lipinski definition) is 2. The Bertz CT molecular complexity index is 730. The molecule has 0 amide bonds. The normalized spacial score (nSPS) is 12.6. The van der Waals surface area contributed by atoms with E-state index in [0.717, 1.165) is 41.0 Å². The largest absolute Gasteiger partial charge is 0.497 e. The van der Waals surface area contributed by atoms with Gasteiger partial charge in [0.25, 0.3) is 0 Å². The van der Waals surface area contributed by atoms with Gasteiger partial charge in [0.2, 0.25) is 0 Å². The van der Waals surface area contributed by atoms with Crippen molar-refractivity contribution in [1.82, 2.24) is 15.6 Å². The van der Waals surface area contributed by atoms with E-state index >= 15 is 0 Å². The van der Waals surface area contributed by atoms with Crippen LogP contribution in [0.25, 0.3) is 0 Å². The van der Waals surface area contributed by atoms with E-state index < -0.39 is 0 Å². The number of thiazole rings is 1. The van der Waals surface area contributed by atoms with E-state index in [4.69, 9.17) is 9.47 Å². The summed E-state index contributed by atoms with van der Waals surface area (Å²) in [5.41, 5.74) is 1.01. The van der Waals surface area contributed by atoms with E-state index in [1.54, 1.807) is 25.6 Å². The summed E-state index contributed by atoms with van der Waals surface area (Å²) in [5, 5.41) is 7.73. The van der Waals surface area contributed by atoms with Crippen molar-refractivity contribution in [2.75, 3.05) is 20.8 Å². The third-order valence-electron chi connectivity index (χ3n) is 3.92. The third-order valence-corrected chi connectivity index (χ3v) is 5.05. The average molecular weight is 377 g/mol. The van der Waals surface area contributed by atoms with E-state index in [2.05, 4.69) is 34.5 Å². The lowest BCUT2D eigenvalue weighted by Crippen LogP contribution is -2.38. The number of rotatable bonds is 8. The van der Waals surface area contributed by atoms with Gasteiger partial charge < -0.3 is 20.1 Å². The Morgan fingerprint density at radius 2 is 2.08 bits per heavy atom. The first-order chi connectivity index (χ1) is 12.6. The predicted molar refractivity (Wildman–Crippen MR) is 107 cm³/mol. The van der Waals surface area contributed by atoms with Gasteiger partial charge in [0.1, 0.15) is 16.5 Å². The van der Waals surface area contributed by atoms with Crippen LogP contribution in [-0.4, -0.2) is 31.7 Å². The molecule has 0 fully saturated rings. The first kappa shape index (κ1) is 20.0. The molecule has 0 saturated carbocycles. The van der Waals surface area contributed by atoms with Crippen molar-refractivity contribution in [2.45, 2.75) is 39.8 Å². The quantitative estimate of drug-likeness (QED) is 0.545. The summed E-state index contributed by atoms with van der Waals surface area (Å²) in [6, 6.07) is 5.79. The van der Waals surface area contributed by atoms with E-state index in [-0.39, 0.29) is 6.04 Å². The molecule has 0 bridgehead atoms. The van der Waals surface area contributed by atoms with Crippen LogP contribution >= 0.6 is 11.3 Å². The Morgan fingerprint density at radius 1 is 1.27 bits per heavy atom. The lowest BCUT2D eigenvalue weighted by molar-refractivity contribution is 0.394. The molecule has 0 spiro atoms. The van der Waals surface area contributed by atoms with Crippen LogP contribution in [0, 0.1) is 0 Å². The summed E-state index contributed by atoms with van der Waals surface area (Å²) in [4.78, 5) is 10.4. The lowest BCUT2D eigenvalue weighted by atomic mass is 10.1. The summed E-state index contributed by atoms with van der Waals surface area (Å²) in [5.74, 6) is 2.36. The maximum absolute atomic E-state index is 5.49. The zero-order chi connectivity index (χ0) is 18.9. The number of hydrogen-bond acceptors (Lipinski definition) is 5. The van der Waals surface area contributed by atoms with Crippen molar-refractivity contribution in [2.24, 2.45) is 4.99 Å². The van der Waals surface area contributed by atoms with Crippen LogP contribution < -0.4 is 20.1 Å². The number of aliphatic imine (C=N–C) groups is 1. The van der Waals surface area contributed by atoms with Crippen molar-refractivity contribution in [3.8, 4) is 11.5 Å².